The minimum atomic E-state index is -0.582. The molecule has 0 fully saturated rings. The van der Waals surface area contributed by atoms with Crippen LogP contribution in [0.3, 0.4) is 0 Å². The number of hydrogen-bond acceptors (Lipinski definition) is 6. The highest BCUT2D eigenvalue weighted by Gasteiger charge is 2.09. The Bertz CT molecular complexity index is 789. The predicted octanol–water partition coefficient (Wildman–Crippen LogP) is 2.17. The lowest BCUT2D eigenvalue weighted by Crippen LogP contribution is -2.26. The summed E-state index contributed by atoms with van der Waals surface area (Å²) in [5.74, 6) is -0.559. The van der Waals surface area contributed by atoms with Gasteiger partial charge in [0.15, 0.2) is 0 Å². The summed E-state index contributed by atoms with van der Waals surface area (Å²) in [4.78, 5) is 21.8. The molecule has 0 spiro atoms. The molecule has 0 saturated heterocycles. The maximum atomic E-state index is 11.7. The molecule has 2 aromatic rings. The molecular weight excluding hydrogens is 312 g/mol. The zero-order valence-electron chi connectivity index (χ0n) is 12.9. The van der Waals surface area contributed by atoms with Crippen molar-refractivity contribution >= 4 is 23.5 Å². The van der Waals surface area contributed by atoms with Crippen LogP contribution in [0.25, 0.3) is 0 Å². The second-order valence-electron chi connectivity index (χ2n) is 4.96. The molecule has 0 aliphatic rings. The van der Waals surface area contributed by atoms with Crippen molar-refractivity contribution in [3.8, 4) is 5.75 Å². The van der Waals surface area contributed by atoms with Gasteiger partial charge in [-0.25, -0.2) is 5.43 Å². The lowest BCUT2D eigenvalue weighted by molar-refractivity contribution is -0.384. The SMILES string of the molecule is Cc1ccccc1NCC(=O)N/N=C/c1cc([N+](=O)[O-])ccc1O. The Morgan fingerprint density at radius 1 is 1.33 bits per heavy atom. The molecule has 1 amide bonds. The molecule has 0 aromatic heterocycles. The summed E-state index contributed by atoms with van der Waals surface area (Å²) >= 11 is 0. The number of amides is 1. The van der Waals surface area contributed by atoms with Crippen LogP contribution >= 0.6 is 0 Å². The number of anilines is 1. The topological polar surface area (TPSA) is 117 Å². The van der Waals surface area contributed by atoms with Crippen LogP contribution < -0.4 is 10.7 Å². The summed E-state index contributed by atoms with van der Waals surface area (Å²) in [5, 5.41) is 27.0. The number of non-ortho nitro benzene ring substituents is 1. The molecule has 0 aliphatic heterocycles. The third-order valence-electron chi connectivity index (χ3n) is 3.20. The fraction of sp³-hybridized carbons (Fsp3) is 0.125. The first-order chi connectivity index (χ1) is 11.5. The number of phenols is 1. The number of phenolic OH excluding ortho intramolecular Hbond substituents is 1. The number of hydrazone groups is 1. The van der Waals surface area contributed by atoms with E-state index in [9.17, 15) is 20.0 Å². The molecule has 0 heterocycles. The first-order valence-corrected chi connectivity index (χ1v) is 7.06. The van der Waals surface area contributed by atoms with Gasteiger partial charge in [-0.3, -0.25) is 14.9 Å². The highest BCUT2D eigenvalue weighted by molar-refractivity contribution is 5.87. The third kappa shape index (κ3) is 4.54. The van der Waals surface area contributed by atoms with Crippen LogP contribution in [0.4, 0.5) is 11.4 Å². The second-order valence-corrected chi connectivity index (χ2v) is 4.96. The van der Waals surface area contributed by atoms with Crippen LogP contribution in [0.15, 0.2) is 47.6 Å². The molecule has 0 unspecified atom stereocenters. The Morgan fingerprint density at radius 3 is 2.79 bits per heavy atom. The maximum Gasteiger partial charge on any atom is 0.270 e. The van der Waals surface area contributed by atoms with Gasteiger partial charge >= 0.3 is 0 Å². The van der Waals surface area contributed by atoms with Crippen LogP contribution in [-0.4, -0.2) is 28.7 Å². The van der Waals surface area contributed by atoms with E-state index in [4.69, 9.17) is 0 Å². The van der Waals surface area contributed by atoms with Gasteiger partial charge in [0, 0.05) is 23.4 Å². The lowest BCUT2D eigenvalue weighted by atomic mass is 10.2. The summed E-state index contributed by atoms with van der Waals surface area (Å²) in [5.41, 5.74) is 4.09. The number of aromatic hydroxyl groups is 1. The van der Waals surface area contributed by atoms with Crippen molar-refractivity contribution in [3.63, 3.8) is 0 Å². The number of para-hydroxylation sites is 1. The number of carbonyl (C=O) groups is 1. The highest BCUT2D eigenvalue weighted by atomic mass is 16.6. The van der Waals surface area contributed by atoms with Crippen LogP contribution in [0.5, 0.6) is 5.75 Å². The van der Waals surface area contributed by atoms with E-state index >= 15 is 0 Å². The number of nitro groups is 1. The summed E-state index contributed by atoms with van der Waals surface area (Å²) in [6, 6.07) is 11.1. The van der Waals surface area contributed by atoms with Gasteiger partial charge in [0.25, 0.3) is 11.6 Å². The Kier molecular flexibility index (Phi) is 5.45. The van der Waals surface area contributed by atoms with Gasteiger partial charge < -0.3 is 10.4 Å². The largest absolute Gasteiger partial charge is 0.507 e. The minimum absolute atomic E-state index is 0.0170. The van der Waals surface area contributed by atoms with Crippen LogP contribution in [-0.2, 0) is 4.79 Å². The molecule has 0 atom stereocenters. The molecule has 124 valence electrons. The van der Waals surface area contributed by atoms with Crippen LogP contribution in [0.2, 0.25) is 0 Å². The van der Waals surface area contributed by atoms with Gasteiger partial charge in [0.1, 0.15) is 5.75 Å². The van der Waals surface area contributed by atoms with E-state index in [2.05, 4.69) is 15.8 Å². The lowest BCUT2D eigenvalue weighted by Gasteiger charge is -2.07. The Balaban J connectivity index is 1.92. The molecule has 2 aromatic carbocycles. The van der Waals surface area contributed by atoms with Crippen molar-refractivity contribution in [2.45, 2.75) is 6.92 Å². The molecule has 0 radical (unpaired) electrons. The fourth-order valence-corrected chi connectivity index (χ4v) is 1.92. The number of benzene rings is 2. The molecule has 8 nitrogen and oxygen atoms in total. The molecule has 24 heavy (non-hydrogen) atoms. The zero-order valence-corrected chi connectivity index (χ0v) is 12.9. The van der Waals surface area contributed by atoms with Gasteiger partial charge in [0.2, 0.25) is 0 Å². The van der Waals surface area contributed by atoms with Crippen molar-refractivity contribution in [1.82, 2.24) is 5.43 Å². The summed E-state index contributed by atoms with van der Waals surface area (Å²) in [6.45, 7) is 1.94. The maximum absolute atomic E-state index is 11.7. The number of nitrogens with one attached hydrogen (secondary N) is 2. The van der Waals surface area contributed by atoms with E-state index in [0.717, 1.165) is 23.5 Å². The van der Waals surface area contributed by atoms with E-state index < -0.39 is 4.92 Å². The smallest absolute Gasteiger partial charge is 0.270 e. The van der Waals surface area contributed by atoms with Crippen LogP contribution in [0.1, 0.15) is 11.1 Å². The quantitative estimate of drug-likeness (QED) is 0.427. The van der Waals surface area contributed by atoms with E-state index in [1.54, 1.807) is 0 Å². The number of carbonyl (C=O) groups excluding carboxylic acids is 1. The molecule has 0 saturated carbocycles. The average molecular weight is 328 g/mol. The average Bonchev–Trinajstić information content (AvgIpc) is 2.55. The van der Waals surface area contributed by atoms with E-state index in [0.29, 0.717) is 0 Å². The van der Waals surface area contributed by atoms with Gasteiger partial charge in [0.05, 0.1) is 17.7 Å². The van der Waals surface area contributed by atoms with Gasteiger partial charge in [-0.05, 0) is 24.6 Å². The minimum Gasteiger partial charge on any atom is -0.507 e. The number of nitrogens with zero attached hydrogens (tertiary/aromatic N) is 2. The van der Waals surface area contributed by atoms with E-state index in [1.807, 2.05) is 31.2 Å². The summed E-state index contributed by atoms with van der Waals surface area (Å²) in [7, 11) is 0. The van der Waals surface area contributed by atoms with Crippen molar-refractivity contribution < 1.29 is 14.8 Å². The normalized spacial score (nSPS) is 10.5. The molecule has 0 bridgehead atoms. The van der Waals surface area contributed by atoms with E-state index in [-0.39, 0.29) is 29.5 Å². The first-order valence-electron chi connectivity index (χ1n) is 7.06. The van der Waals surface area contributed by atoms with Crippen molar-refractivity contribution in [1.29, 1.82) is 0 Å². The first kappa shape index (κ1) is 16.9. The number of hydrogen-bond donors (Lipinski definition) is 3. The Morgan fingerprint density at radius 2 is 2.08 bits per heavy atom. The van der Waals surface area contributed by atoms with E-state index in [1.165, 1.54) is 12.1 Å². The number of aryl methyl sites for hydroxylation is 1. The fourth-order valence-electron chi connectivity index (χ4n) is 1.92. The molecule has 8 heteroatoms. The van der Waals surface area contributed by atoms with Gasteiger partial charge in [-0.15, -0.1) is 0 Å². The molecule has 2 rings (SSSR count). The summed E-state index contributed by atoms with van der Waals surface area (Å²) in [6.07, 6.45) is 1.15. The van der Waals surface area contributed by atoms with Gasteiger partial charge in [-0.1, -0.05) is 18.2 Å². The Hall–Kier alpha value is -3.42. The van der Waals surface area contributed by atoms with Crippen molar-refractivity contribution in [2.24, 2.45) is 5.10 Å². The Labute approximate surface area is 138 Å². The second kappa shape index (κ2) is 7.73. The summed E-state index contributed by atoms with van der Waals surface area (Å²) < 4.78 is 0. The highest BCUT2D eigenvalue weighted by Crippen LogP contribution is 2.21. The standard InChI is InChI=1S/C16H16N4O4/c1-11-4-2-3-5-14(11)17-10-16(22)19-18-9-12-8-13(20(23)24)6-7-15(12)21/h2-9,17,21H,10H2,1H3,(H,19,22)/b18-9+. The van der Waals surface area contributed by atoms with Gasteiger partial charge in [-0.2, -0.15) is 5.10 Å². The number of nitro benzene ring substituents is 1. The van der Waals surface area contributed by atoms with Crippen molar-refractivity contribution in [2.75, 3.05) is 11.9 Å². The molecule has 3 N–H and O–H groups in total. The molecular formula is C16H16N4O4. The third-order valence-corrected chi connectivity index (χ3v) is 3.20. The predicted molar refractivity (Wildman–Crippen MR) is 90.2 cm³/mol. The monoisotopic (exact) mass is 328 g/mol. The van der Waals surface area contributed by atoms with Crippen molar-refractivity contribution in [3.05, 3.63) is 63.7 Å². The zero-order chi connectivity index (χ0) is 17.5. The van der Waals surface area contributed by atoms with Crippen LogP contribution in [0, 0.1) is 17.0 Å². The number of rotatable bonds is 6. The molecule has 0 aliphatic carbocycles.